The molecule has 1 saturated carbocycles. The summed E-state index contributed by atoms with van der Waals surface area (Å²) >= 11 is 5.67. The van der Waals surface area contributed by atoms with E-state index in [1.54, 1.807) is 0 Å². The Kier molecular flexibility index (Phi) is 3.77. The molecule has 2 rings (SSSR count). The van der Waals surface area contributed by atoms with E-state index in [2.05, 4.69) is 20.3 Å². The second-order valence-corrected chi connectivity index (χ2v) is 4.49. The SMILES string of the molecule is Nc1nc(Cl)nc(NCCC2CCCC2)n1. The minimum Gasteiger partial charge on any atom is -0.368 e. The largest absolute Gasteiger partial charge is 0.368 e. The van der Waals surface area contributed by atoms with Crippen LogP contribution < -0.4 is 11.1 Å². The van der Waals surface area contributed by atoms with Gasteiger partial charge in [0.1, 0.15) is 0 Å². The third-order valence-corrected chi connectivity index (χ3v) is 3.10. The van der Waals surface area contributed by atoms with Crippen molar-refractivity contribution in [2.24, 2.45) is 5.92 Å². The number of nitrogens with one attached hydrogen (secondary N) is 1. The third kappa shape index (κ3) is 3.20. The zero-order chi connectivity index (χ0) is 11.4. The molecule has 88 valence electrons. The number of hydrogen-bond acceptors (Lipinski definition) is 5. The fourth-order valence-corrected chi connectivity index (χ4v) is 2.30. The van der Waals surface area contributed by atoms with Gasteiger partial charge in [-0.1, -0.05) is 25.7 Å². The quantitative estimate of drug-likeness (QED) is 0.844. The van der Waals surface area contributed by atoms with Crippen LogP contribution in [0.2, 0.25) is 5.28 Å². The molecule has 0 amide bonds. The van der Waals surface area contributed by atoms with Gasteiger partial charge in [0.15, 0.2) is 0 Å². The first-order valence-electron chi connectivity index (χ1n) is 5.65. The Labute approximate surface area is 99.8 Å². The van der Waals surface area contributed by atoms with Crippen LogP contribution in [-0.4, -0.2) is 21.5 Å². The summed E-state index contributed by atoms with van der Waals surface area (Å²) in [5.41, 5.74) is 5.47. The van der Waals surface area contributed by atoms with Crippen LogP contribution in [0.5, 0.6) is 0 Å². The van der Waals surface area contributed by atoms with Crippen molar-refractivity contribution in [2.45, 2.75) is 32.1 Å². The molecule has 1 heterocycles. The smallest absolute Gasteiger partial charge is 0.228 e. The number of anilines is 2. The van der Waals surface area contributed by atoms with Gasteiger partial charge in [0.25, 0.3) is 0 Å². The molecule has 0 unspecified atom stereocenters. The van der Waals surface area contributed by atoms with Crippen LogP contribution in [0.4, 0.5) is 11.9 Å². The lowest BCUT2D eigenvalue weighted by molar-refractivity contribution is 0.518. The predicted octanol–water partition coefficient (Wildman–Crippen LogP) is 2.10. The summed E-state index contributed by atoms with van der Waals surface area (Å²) < 4.78 is 0. The Hall–Kier alpha value is -1.10. The van der Waals surface area contributed by atoms with Crippen LogP contribution in [0.15, 0.2) is 0 Å². The highest BCUT2D eigenvalue weighted by molar-refractivity contribution is 6.28. The van der Waals surface area contributed by atoms with Gasteiger partial charge in [-0.05, 0) is 23.9 Å². The van der Waals surface area contributed by atoms with Gasteiger partial charge in [-0.15, -0.1) is 0 Å². The summed E-state index contributed by atoms with van der Waals surface area (Å²) in [6.45, 7) is 0.866. The number of hydrogen-bond donors (Lipinski definition) is 2. The van der Waals surface area contributed by atoms with Gasteiger partial charge in [0.2, 0.25) is 17.2 Å². The van der Waals surface area contributed by atoms with E-state index in [0.717, 1.165) is 18.9 Å². The number of nitrogen functional groups attached to an aromatic ring is 1. The summed E-state index contributed by atoms with van der Waals surface area (Å²) in [7, 11) is 0. The van der Waals surface area contributed by atoms with Crippen molar-refractivity contribution in [2.75, 3.05) is 17.6 Å². The van der Waals surface area contributed by atoms with Gasteiger partial charge < -0.3 is 11.1 Å². The highest BCUT2D eigenvalue weighted by Crippen LogP contribution is 2.27. The van der Waals surface area contributed by atoms with Gasteiger partial charge in [-0.3, -0.25) is 0 Å². The fraction of sp³-hybridized carbons (Fsp3) is 0.700. The second-order valence-electron chi connectivity index (χ2n) is 4.15. The van der Waals surface area contributed by atoms with Crippen LogP contribution in [0.3, 0.4) is 0 Å². The van der Waals surface area contributed by atoms with Gasteiger partial charge in [-0.25, -0.2) is 0 Å². The van der Waals surface area contributed by atoms with E-state index < -0.39 is 0 Å². The summed E-state index contributed by atoms with van der Waals surface area (Å²) in [5.74, 6) is 1.47. The first-order valence-corrected chi connectivity index (χ1v) is 6.03. The number of rotatable bonds is 4. The lowest BCUT2D eigenvalue weighted by atomic mass is 10.0. The molecule has 5 nitrogen and oxygen atoms in total. The second kappa shape index (κ2) is 5.30. The van der Waals surface area contributed by atoms with E-state index in [0.29, 0.717) is 5.95 Å². The lowest BCUT2D eigenvalue weighted by Gasteiger charge is -2.09. The summed E-state index contributed by atoms with van der Waals surface area (Å²) in [6.07, 6.45) is 6.59. The van der Waals surface area contributed by atoms with E-state index in [4.69, 9.17) is 17.3 Å². The molecule has 0 spiro atoms. The van der Waals surface area contributed by atoms with Gasteiger partial charge >= 0.3 is 0 Å². The molecule has 1 fully saturated rings. The summed E-state index contributed by atoms with van der Waals surface area (Å²) in [6, 6.07) is 0. The Morgan fingerprint density at radius 1 is 1.25 bits per heavy atom. The van der Waals surface area contributed by atoms with E-state index in [1.807, 2.05) is 0 Å². The molecule has 3 N–H and O–H groups in total. The molecular weight excluding hydrogens is 226 g/mol. The van der Waals surface area contributed by atoms with Crippen molar-refractivity contribution < 1.29 is 0 Å². The zero-order valence-electron chi connectivity index (χ0n) is 9.12. The topological polar surface area (TPSA) is 76.7 Å². The molecule has 16 heavy (non-hydrogen) atoms. The van der Waals surface area contributed by atoms with Gasteiger partial charge in [0.05, 0.1) is 0 Å². The molecule has 1 aliphatic carbocycles. The first-order chi connectivity index (χ1) is 7.74. The van der Waals surface area contributed by atoms with Crippen molar-refractivity contribution in [1.82, 2.24) is 15.0 Å². The Morgan fingerprint density at radius 3 is 2.69 bits per heavy atom. The van der Waals surface area contributed by atoms with Crippen molar-refractivity contribution in [3.05, 3.63) is 5.28 Å². The van der Waals surface area contributed by atoms with Crippen LogP contribution >= 0.6 is 11.6 Å². The molecule has 0 bridgehead atoms. The van der Waals surface area contributed by atoms with E-state index >= 15 is 0 Å². The molecule has 0 aromatic carbocycles. The normalized spacial score (nSPS) is 16.6. The summed E-state index contributed by atoms with van der Waals surface area (Å²) in [5, 5.41) is 3.26. The highest BCUT2D eigenvalue weighted by atomic mass is 35.5. The average Bonchev–Trinajstić information content (AvgIpc) is 2.69. The molecule has 0 saturated heterocycles. The molecule has 0 aliphatic heterocycles. The predicted molar refractivity (Wildman–Crippen MR) is 64.3 cm³/mol. The lowest BCUT2D eigenvalue weighted by Crippen LogP contribution is -2.10. The average molecular weight is 242 g/mol. The van der Waals surface area contributed by atoms with Crippen LogP contribution in [0.25, 0.3) is 0 Å². The first kappa shape index (κ1) is 11.4. The minimum absolute atomic E-state index is 0.135. The molecule has 1 aromatic rings. The highest BCUT2D eigenvalue weighted by Gasteiger charge is 2.14. The molecule has 1 aromatic heterocycles. The molecule has 1 aliphatic rings. The Morgan fingerprint density at radius 2 is 2.00 bits per heavy atom. The van der Waals surface area contributed by atoms with Crippen molar-refractivity contribution in [1.29, 1.82) is 0 Å². The Bertz CT molecular complexity index is 331. The monoisotopic (exact) mass is 241 g/mol. The maximum atomic E-state index is 5.67. The minimum atomic E-state index is 0.135. The molecule has 6 heteroatoms. The number of halogens is 1. The number of nitrogens with two attached hydrogens (primary N) is 1. The molecular formula is C10H16ClN5. The van der Waals surface area contributed by atoms with E-state index in [-0.39, 0.29) is 11.2 Å². The van der Waals surface area contributed by atoms with Crippen molar-refractivity contribution >= 4 is 23.5 Å². The van der Waals surface area contributed by atoms with Crippen LogP contribution in [-0.2, 0) is 0 Å². The zero-order valence-corrected chi connectivity index (χ0v) is 9.87. The standard InChI is InChI=1S/C10H16ClN5/c11-8-14-9(12)16-10(15-8)13-6-5-7-3-1-2-4-7/h7H,1-6H2,(H3,12,13,14,15,16). The molecule has 0 radical (unpaired) electrons. The van der Waals surface area contributed by atoms with Gasteiger partial charge in [-0.2, -0.15) is 15.0 Å². The van der Waals surface area contributed by atoms with Gasteiger partial charge in [0, 0.05) is 6.54 Å². The number of nitrogens with zero attached hydrogens (tertiary/aromatic N) is 3. The fourth-order valence-electron chi connectivity index (χ4n) is 2.13. The van der Waals surface area contributed by atoms with Crippen LogP contribution in [0, 0.1) is 5.92 Å². The maximum absolute atomic E-state index is 5.67. The summed E-state index contributed by atoms with van der Waals surface area (Å²) in [4.78, 5) is 11.6. The van der Waals surface area contributed by atoms with Crippen LogP contribution in [0.1, 0.15) is 32.1 Å². The van der Waals surface area contributed by atoms with Crippen molar-refractivity contribution in [3.8, 4) is 0 Å². The Balaban J connectivity index is 1.80. The maximum Gasteiger partial charge on any atom is 0.228 e. The third-order valence-electron chi connectivity index (χ3n) is 2.94. The number of aromatic nitrogens is 3. The van der Waals surface area contributed by atoms with E-state index in [9.17, 15) is 0 Å². The van der Waals surface area contributed by atoms with Crippen molar-refractivity contribution in [3.63, 3.8) is 0 Å². The van der Waals surface area contributed by atoms with E-state index in [1.165, 1.54) is 25.7 Å². The molecule has 0 atom stereocenters.